The summed E-state index contributed by atoms with van der Waals surface area (Å²) in [6.45, 7) is 2.34. The van der Waals surface area contributed by atoms with Crippen LogP contribution in [0, 0.1) is 6.92 Å². The Hall–Kier alpha value is -2.70. The van der Waals surface area contributed by atoms with Crippen LogP contribution >= 0.6 is 23.4 Å². The zero-order valence-electron chi connectivity index (χ0n) is 15.7. The molecule has 7 heteroatoms. The standard InChI is InChI=1S/C22H19ClN2O3S/c1-14-4-9-17(23)11-19(14)24-21(27)15-5-7-16(8-6-15)22-25(20(26)13-29-22)12-18-3-2-10-28-18/h2-11,22H,12-13H2,1H3,(H,24,27). The van der Waals surface area contributed by atoms with Crippen LogP contribution in [0.1, 0.15) is 32.6 Å². The van der Waals surface area contributed by atoms with Crippen LogP contribution in [0.4, 0.5) is 5.69 Å². The lowest BCUT2D eigenvalue weighted by Crippen LogP contribution is -2.27. The minimum atomic E-state index is -0.204. The lowest BCUT2D eigenvalue weighted by molar-refractivity contribution is -0.128. The van der Waals surface area contributed by atoms with Crippen molar-refractivity contribution in [2.24, 2.45) is 0 Å². The molecule has 3 aromatic rings. The molecule has 1 N–H and O–H groups in total. The van der Waals surface area contributed by atoms with E-state index >= 15 is 0 Å². The smallest absolute Gasteiger partial charge is 0.255 e. The van der Waals surface area contributed by atoms with Crippen LogP contribution in [0.3, 0.4) is 0 Å². The van der Waals surface area contributed by atoms with Gasteiger partial charge in [0, 0.05) is 16.3 Å². The fourth-order valence-corrected chi connectivity index (χ4v) is 4.55. The zero-order valence-corrected chi connectivity index (χ0v) is 17.3. The highest BCUT2D eigenvalue weighted by Crippen LogP contribution is 2.39. The number of carbonyl (C=O) groups excluding carboxylic acids is 2. The molecule has 5 nitrogen and oxygen atoms in total. The number of halogens is 1. The lowest BCUT2D eigenvalue weighted by atomic mass is 10.1. The maximum Gasteiger partial charge on any atom is 0.255 e. The molecular formula is C22H19ClN2O3S. The highest BCUT2D eigenvalue weighted by molar-refractivity contribution is 8.00. The highest BCUT2D eigenvalue weighted by Gasteiger charge is 2.33. The summed E-state index contributed by atoms with van der Waals surface area (Å²) < 4.78 is 5.39. The monoisotopic (exact) mass is 426 g/mol. The first-order valence-corrected chi connectivity index (χ1v) is 10.5. The van der Waals surface area contributed by atoms with Gasteiger partial charge >= 0.3 is 0 Å². The molecule has 2 aromatic carbocycles. The van der Waals surface area contributed by atoms with Crippen LogP contribution < -0.4 is 5.32 Å². The Kier molecular flexibility index (Phi) is 5.65. The van der Waals surface area contributed by atoms with Gasteiger partial charge in [0.2, 0.25) is 5.91 Å². The van der Waals surface area contributed by atoms with E-state index in [2.05, 4.69) is 5.32 Å². The Labute approximate surface area is 178 Å². The fraction of sp³-hybridized carbons (Fsp3) is 0.182. The molecule has 0 aliphatic carbocycles. The summed E-state index contributed by atoms with van der Waals surface area (Å²) in [6, 6.07) is 16.4. The Morgan fingerprint density at radius 2 is 2.03 bits per heavy atom. The van der Waals surface area contributed by atoms with Crippen molar-refractivity contribution >= 4 is 40.9 Å². The SMILES string of the molecule is Cc1ccc(Cl)cc1NC(=O)c1ccc(C2SCC(=O)N2Cc2ccco2)cc1. The minimum Gasteiger partial charge on any atom is -0.467 e. The Balaban J connectivity index is 1.49. The van der Waals surface area contributed by atoms with E-state index in [-0.39, 0.29) is 17.2 Å². The number of carbonyl (C=O) groups is 2. The number of nitrogens with zero attached hydrogens (tertiary/aromatic N) is 1. The van der Waals surface area contributed by atoms with Crippen LogP contribution in [0.5, 0.6) is 0 Å². The maximum atomic E-state index is 12.6. The first-order chi connectivity index (χ1) is 14.0. The third-order valence-electron chi connectivity index (χ3n) is 4.78. The van der Waals surface area contributed by atoms with Crippen LogP contribution in [0.2, 0.25) is 5.02 Å². The summed E-state index contributed by atoms with van der Waals surface area (Å²) in [7, 11) is 0. The number of aryl methyl sites for hydroxylation is 1. The first kappa shape index (κ1) is 19.6. The molecule has 1 unspecified atom stereocenters. The van der Waals surface area contributed by atoms with Crippen LogP contribution in [-0.2, 0) is 11.3 Å². The molecule has 1 atom stereocenters. The predicted octanol–water partition coefficient (Wildman–Crippen LogP) is 5.27. The second-order valence-electron chi connectivity index (χ2n) is 6.80. The summed E-state index contributed by atoms with van der Waals surface area (Å²) >= 11 is 7.60. The summed E-state index contributed by atoms with van der Waals surface area (Å²) in [5, 5.41) is 3.37. The highest BCUT2D eigenvalue weighted by atomic mass is 35.5. The number of amides is 2. The number of hydrogen-bond acceptors (Lipinski definition) is 4. The molecule has 0 bridgehead atoms. The Bertz CT molecular complexity index is 1030. The van der Waals surface area contributed by atoms with Gasteiger partial charge in [-0.3, -0.25) is 9.59 Å². The van der Waals surface area contributed by atoms with E-state index in [4.69, 9.17) is 16.0 Å². The van der Waals surface area contributed by atoms with Gasteiger partial charge in [0.05, 0.1) is 18.6 Å². The minimum absolute atomic E-state index is 0.0784. The van der Waals surface area contributed by atoms with E-state index in [1.807, 2.05) is 37.3 Å². The molecule has 29 heavy (non-hydrogen) atoms. The molecule has 1 aromatic heterocycles. The lowest BCUT2D eigenvalue weighted by Gasteiger charge is -2.23. The molecule has 0 saturated carbocycles. The van der Waals surface area contributed by atoms with E-state index in [1.54, 1.807) is 47.2 Å². The van der Waals surface area contributed by atoms with Gasteiger partial charge < -0.3 is 14.6 Å². The van der Waals surface area contributed by atoms with E-state index in [0.29, 0.717) is 28.6 Å². The largest absolute Gasteiger partial charge is 0.467 e. The second kappa shape index (κ2) is 8.35. The number of anilines is 1. The second-order valence-corrected chi connectivity index (χ2v) is 8.30. The van der Waals surface area contributed by atoms with Crippen molar-refractivity contribution in [3.8, 4) is 0 Å². The normalized spacial score (nSPS) is 16.3. The van der Waals surface area contributed by atoms with Crippen molar-refractivity contribution < 1.29 is 14.0 Å². The number of furan rings is 1. The number of hydrogen-bond donors (Lipinski definition) is 1. The molecule has 0 spiro atoms. The first-order valence-electron chi connectivity index (χ1n) is 9.12. The average Bonchev–Trinajstić information content (AvgIpc) is 3.36. The molecule has 148 valence electrons. The predicted molar refractivity (Wildman–Crippen MR) is 115 cm³/mol. The maximum absolute atomic E-state index is 12.6. The molecule has 1 aliphatic rings. The molecule has 1 aliphatic heterocycles. The van der Waals surface area contributed by atoms with E-state index in [9.17, 15) is 9.59 Å². The molecule has 2 heterocycles. The van der Waals surface area contributed by atoms with Gasteiger partial charge in [-0.1, -0.05) is 29.8 Å². The summed E-state index contributed by atoms with van der Waals surface area (Å²) in [6.07, 6.45) is 1.60. The van der Waals surface area contributed by atoms with Gasteiger partial charge in [0.15, 0.2) is 0 Å². The van der Waals surface area contributed by atoms with Gasteiger partial charge in [0.1, 0.15) is 11.1 Å². The Morgan fingerprint density at radius 1 is 1.24 bits per heavy atom. The molecule has 2 amide bonds. The van der Waals surface area contributed by atoms with Gasteiger partial charge in [-0.05, 0) is 54.4 Å². The quantitative estimate of drug-likeness (QED) is 0.603. The number of benzene rings is 2. The molecule has 0 radical (unpaired) electrons. The fourth-order valence-electron chi connectivity index (χ4n) is 3.19. The third-order valence-corrected chi connectivity index (χ3v) is 6.27. The van der Waals surface area contributed by atoms with E-state index in [0.717, 1.165) is 16.9 Å². The molecule has 1 saturated heterocycles. The van der Waals surface area contributed by atoms with Crippen molar-refractivity contribution in [3.63, 3.8) is 0 Å². The van der Waals surface area contributed by atoms with E-state index in [1.165, 1.54) is 0 Å². The number of thioether (sulfide) groups is 1. The Morgan fingerprint density at radius 3 is 2.76 bits per heavy atom. The van der Waals surface area contributed by atoms with Crippen molar-refractivity contribution in [1.29, 1.82) is 0 Å². The third kappa shape index (κ3) is 4.33. The number of rotatable bonds is 5. The van der Waals surface area contributed by atoms with Gasteiger partial charge in [-0.15, -0.1) is 11.8 Å². The van der Waals surface area contributed by atoms with Crippen molar-refractivity contribution in [2.45, 2.75) is 18.8 Å². The topological polar surface area (TPSA) is 62.6 Å². The summed E-state index contributed by atoms with van der Waals surface area (Å²) in [5.41, 5.74) is 3.14. The average molecular weight is 427 g/mol. The van der Waals surface area contributed by atoms with Gasteiger partial charge in [-0.2, -0.15) is 0 Å². The van der Waals surface area contributed by atoms with Crippen LogP contribution in [0.25, 0.3) is 0 Å². The van der Waals surface area contributed by atoms with Crippen molar-refractivity contribution in [3.05, 3.63) is 88.3 Å². The molecule has 1 fully saturated rings. The summed E-state index contributed by atoms with van der Waals surface area (Å²) in [4.78, 5) is 26.7. The molecular weight excluding hydrogens is 408 g/mol. The summed E-state index contributed by atoms with van der Waals surface area (Å²) in [5.74, 6) is 1.06. The van der Waals surface area contributed by atoms with Crippen molar-refractivity contribution in [2.75, 3.05) is 11.1 Å². The van der Waals surface area contributed by atoms with Crippen molar-refractivity contribution in [1.82, 2.24) is 4.90 Å². The van der Waals surface area contributed by atoms with Crippen LogP contribution in [0.15, 0.2) is 65.3 Å². The van der Waals surface area contributed by atoms with Gasteiger partial charge in [0.25, 0.3) is 5.91 Å². The van der Waals surface area contributed by atoms with Gasteiger partial charge in [-0.25, -0.2) is 0 Å². The zero-order chi connectivity index (χ0) is 20.4. The van der Waals surface area contributed by atoms with Crippen LogP contribution in [-0.4, -0.2) is 22.5 Å². The number of nitrogens with one attached hydrogen (secondary N) is 1. The van der Waals surface area contributed by atoms with E-state index < -0.39 is 0 Å². The molecule has 4 rings (SSSR count).